The molecule has 0 bridgehead atoms. The molecule has 0 fully saturated rings. The quantitative estimate of drug-likeness (QED) is 0.413. The van der Waals surface area contributed by atoms with Gasteiger partial charge in [-0.1, -0.05) is 22.5 Å². The van der Waals surface area contributed by atoms with E-state index in [2.05, 4.69) is 25.2 Å². The van der Waals surface area contributed by atoms with Crippen LogP contribution in [-0.4, -0.2) is 9.52 Å². The van der Waals surface area contributed by atoms with Gasteiger partial charge in [0.25, 0.3) is 0 Å². The summed E-state index contributed by atoms with van der Waals surface area (Å²) in [5.41, 5.74) is 7.46. The Morgan fingerprint density at radius 3 is 1.71 bits per heavy atom. The van der Waals surface area contributed by atoms with Crippen LogP contribution in [0.1, 0.15) is 13.8 Å². The summed E-state index contributed by atoms with van der Waals surface area (Å²) >= 11 is 0. The monoisotopic (exact) mass is 108 g/mol. The van der Waals surface area contributed by atoms with Gasteiger partial charge in [0.1, 0.15) is 9.52 Å². The molecule has 1 aliphatic rings. The third-order valence-corrected chi connectivity index (χ3v) is 2.42. The fourth-order valence-corrected chi connectivity index (χ4v) is 1.56. The molecule has 0 aromatic heterocycles. The minimum absolute atomic E-state index is 0.945. The van der Waals surface area contributed by atoms with Gasteiger partial charge in [-0.15, -0.1) is 0 Å². The van der Waals surface area contributed by atoms with Crippen molar-refractivity contribution >= 4 is 9.52 Å². The first-order valence-corrected chi connectivity index (χ1v) is 3.56. The third kappa shape index (κ3) is 0.828. The average molecular weight is 108 g/mol. The molecule has 0 saturated heterocycles. The van der Waals surface area contributed by atoms with Gasteiger partial charge in [0.2, 0.25) is 0 Å². The highest BCUT2D eigenvalue weighted by atomic mass is 28.2. The average Bonchev–Trinajstić information content (AvgIpc) is 1.91. The van der Waals surface area contributed by atoms with E-state index in [0.717, 1.165) is 9.52 Å². The maximum absolute atomic E-state index is 2.27. The van der Waals surface area contributed by atoms with E-state index in [0.29, 0.717) is 0 Å². The molecule has 2 radical (unpaired) electrons. The molecule has 0 atom stereocenters. The van der Waals surface area contributed by atoms with E-state index in [9.17, 15) is 0 Å². The molecule has 0 nitrogen and oxygen atoms in total. The lowest BCUT2D eigenvalue weighted by Crippen LogP contribution is -1.67. The molecule has 0 amide bonds. The molecule has 0 spiro atoms. The number of hydrogen-bond acceptors (Lipinski definition) is 0. The van der Waals surface area contributed by atoms with Crippen LogP contribution >= 0.6 is 0 Å². The highest BCUT2D eigenvalue weighted by molar-refractivity contribution is 6.50. The van der Waals surface area contributed by atoms with Gasteiger partial charge >= 0.3 is 0 Å². The molecule has 1 heteroatoms. The van der Waals surface area contributed by atoms with Crippen molar-refractivity contribution in [1.29, 1.82) is 0 Å². The Morgan fingerprint density at radius 1 is 1.14 bits per heavy atom. The minimum Gasteiger partial charge on any atom is -0.0907 e. The summed E-state index contributed by atoms with van der Waals surface area (Å²) < 4.78 is 0. The molecule has 0 aromatic rings. The van der Waals surface area contributed by atoms with Crippen molar-refractivity contribution < 1.29 is 0 Å². The number of hydrogen-bond donors (Lipinski definition) is 0. The zero-order chi connectivity index (χ0) is 5.28. The zero-order valence-corrected chi connectivity index (χ0v) is 5.65. The van der Waals surface area contributed by atoms with Crippen molar-refractivity contribution in [3.05, 3.63) is 22.5 Å². The third-order valence-electron chi connectivity index (χ3n) is 1.22. The largest absolute Gasteiger partial charge is 0.101 e. The highest BCUT2D eigenvalue weighted by Crippen LogP contribution is 2.11. The molecule has 0 N–H and O–H groups in total. The van der Waals surface area contributed by atoms with Crippen LogP contribution in [0.25, 0.3) is 0 Å². The summed E-state index contributed by atoms with van der Waals surface area (Å²) in [6.45, 7) is 4.32. The lowest BCUT2D eigenvalue weighted by molar-refractivity contribution is 1.39. The minimum atomic E-state index is 0.945. The van der Waals surface area contributed by atoms with Crippen molar-refractivity contribution in [3.8, 4) is 0 Å². The van der Waals surface area contributed by atoms with E-state index in [1.54, 1.807) is 0 Å². The van der Waals surface area contributed by atoms with Crippen molar-refractivity contribution in [3.63, 3.8) is 0 Å². The maximum Gasteiger partial charge on any atom is 0.101 e. The van der Waals surface area contributed by atoms with Crippen molar-refractivity contribution in [2.24, 2.45) is 0 Å². The van der Waals surface area contributed by atoms with Gasteiger partial charge in [-0.25, -0.2) is 0 Å². The lowest BCUT2D eigenvalue weighted by Gasteiger charge is -1.88. The van der Waals surface area contributed by atoms with Gasteiger partial charge in [0, 0.05) is 0 Å². The molecule has 0 aromatic carbocycles. The molecule has 0 saturated carbocycles. The molecule has 36 valence electrons. The molecule has 1 aliphatic heterocycles. The summed E-state index contributed by atoms with van der Waals surface area (Å²) in [6.07, 6.45) is 0. The molecule has 0 unspecified atom stereocenters. The van der Waals surface area contributed by atoms with Crippen molar-refractivity contribution in [2.45, 2.75) is 13.8 Å². The van der Waals surface area contributed by atoms with Crippen LogP contribution in [0.15, 0.2) is 22.5 Å². The molecule has 0 aliphatic carbocycles. The zero-order valence-electron chi connectivity index (χ0n) is 4.65. The normalized spacial score (nSPS) is 19.1. The summed E-state index contributed by atoms with van der Waals surface area (Å²) in [7, 11) is 0.945. The topological polar surface area (TPSA) is 0 Å². The smallest absolute Gasteiger partial charge is 0.0907 e. The Kier molecular flexibility index (Phi) is 1.15. The fraction of sp³-hybridized carbons (Fsp3) is 0.333. The Hall–Kier alpha value is -0.303. The summed E-state index contributed by atoms with van der Waals surface area (Å²) in [5, 5.41) is 0. The summed E-state index contributed by atoms with van der Waals surface area (Å²) in [5.74, 6) is 0. The molecule has 1 heterocycles. The SMILES string of the molecule is CC1=C[Si]C=C1C. The van der Waals surface area contributed by atoms with Gasteiger partial charge in [-0.2, -0.15) is 0 Å². The maximum atomic E-state index is 2.27. The lowest BCUT2D eigenvalue weighted by atomic mass is 10.2. The van der Waals surface area contributed by atoms with Gasteiger partial charge in [-0.05, 0) is 13.8 Å². The van der Waals surface area contributed by atoms with E-state index in [1.165, 1.54) is 11.1 Å². The first-order valence-electron chi connectivity index (χ1n) is 2.40. The van der Waals surface area contributed by atoms with Gasteiger partial charge < -0.3 is 0 Å². The fourth-order valence-electron chi connectivity index (χ4n) is 0.519. The van der Waals surface area contributed by atoms with Crippen LogP contribution in [0.5, 0.6) is 0 Å². The number of allylic oxidation sites excluding steroid dienone is 2. The van der Waals surface area contributed by atoms with Crippen LogP contribution in [0, 0.1) is 0 Å². The van der Waals surface area contributed by atoms with Crippen LogP contribution in [-0.2, 0) is 0 Å². The van der Waals surface area contributed by atoms with E-state index in [-0.39, 0.29) is 0 Å². The molecule has 1 rings (SSSR count). The summed E-state index contributed by atoms with van der Waals surface area (Å²) in [4.78, 5) is 0. The standard InChI is InChI=1S/C6H8Si/c1-5-3-7-4-6(5)2/h3-4H,1-2H3. The van der Waals surface area contributed by atoms with E-state index >= 15 is 0 Å². The predicted molar refractivity (Wildman–Crippen MR) is 33.3 cm³/mol. The van der Waals surface area contributed by atoms with Crippen LogP contribution in [0.3, 0.4) is 0 Å². The van der Waals surface area contributed by atoms with E-state index in [1.807, 2.05) is 0 Å². The van der Waals surface area contributed by atoms with Crippen molar-refractivity contribution in [2.75, 3.05) is 0 Å². The first kappa shape index (κ1) is 4.85. The first-order chi connectivity index (χ1) is 3.30. The Balaban J connectivity index is 2.78. The second-order valence-corrected chi connectivity index (χ2v) is 2.73. The second-order valence-electron chi connectivity index (χ2n) is 1.82. The Labute approximate surface area is 46.8 Å². The van der Waals surface area contributed by atoms with Gasteiger partial charge in [0.15, 0.2) is 0 Å². The highest BCUT2D eigenvalue weighted by Gasteiger charge is 1.96. The second kappa shape index (κ2) is 1.66. The molecule has 7 heavy (non-hydrogen) atoms. The van der Waals surface area contributed by atoms with Crippen LogP contribution in [0.4, 0.5) is 0 Å². The van der Waals surface area contributed by atoms with E-state index < -0.39 is 0 Å². The molecular weight excluding hydrogens is 100 g/mol. The predicted octanol–water partition coefficient (Wildman–Crippen LogP) is 1.51. The van der Waals surface area contributed by atoms with Gasteiger partial charge in [0.05, 0.1) is 0 Å². The Morgan fingerprint density at radius 2 is 1.57 bits per heavy atom. The van der Waals surface area contributed by atoms with Crippen LogP contribution in [0.2, 0.25) is 0 Å². The van der Waals surface area contributed by atoms with Crippen molar-refractivity contribution in [1.82, 2.24) is 0 Å². The Bertz CT molecular complexity index is 115. The van der Waals surface area contributed by atoms with Crippen LogP contribution < -0.4 is 0 Å². The molecular formula is C6H8Si. The summed E-state index contributed by atoms with van der Waals surface area (Å²) in [6, 6.07) is 0. The number of rotatable bonds is 0. The van der Waals surface area contributed by atoms with Gasteiger partial charge in [-0.3, -0.25) is 0 Å². The van der Waals surface area contributed by atoms with E-state index in [4.69, 9.17) is 0 Å².